The minimum absolute atomic E-state index is 0.306. The number of nitrogens with zero attached hydrogens (tertiary/aromatic N) is 1. The Morgan fingerprint density at radius 2 is 1.95 bits per heavy atom. The van der Waals surface area contributed by atoms with Gasteiger partial charge in [0.1, 0.15) is 4.60 Å². The lowest BCUT2D eigenvalue weighted by Gasteiger charge is -2.10. The molecule has 2 rings (SSSR count). The first-order valence-corrected chi connectivity index (χ1v) is 6.43. The highest BCUT2D eigenvalue weighted by atomic mass is 79.9. The minimum Gasteiger partial charge on any atom is -0.465 e. The fourth-order valence-corrected chi connectivity index (χ4v) is 2.14. The summed E-state index contributed by atoms with van der Waals surface area (Å²) < 4.78 is 5.25. The molecule has 2 N–H and O–H groups in total. The topological polar surface area (TPSA) is 65.2 Å². The van der Waals surface area contributed by atoms with Crippen LogP contribution < -0.4 is 5.73 Å². The van der Waals surface area contributed by atoms with Crippen LogP contribution in [-0.2, 0) is 4.74 Å². The van der Waals surface area contributed by atoms with Crippen LogP contribution in [0.4, 0.5) is 5.69 Å². The number of benzene rings is 1. The van der Waals surface area contributed by atoms with Gasteiger partial charge in [-0.2, -0.15) is 0 Å². The number of aryl methyl sites for hydroxylation is 1. The zero-order valence-electron chi connectivity index (χ0n) is 10.6. The largest absolute Gasteiger partial charge is 0.465 e. The molecule has 1 aromatic carbocycles. The molecule has 0 aliphatic carbocycles. The first-order valence-electron chi connectivity index (χ1n) is 5.64. The number of ether oxygens (including phenoxy) is 1. The summed E-state index contributed by atoms with van der Waals surface area (Å²) >= 11 is 3.28. The Balaban J connectivity index is 2.60. The van der Waals surface area contributed by atoms with Crippen molar-refractivity contribution in [1.29, 1.82) is 0 Å². The third kappa shape index (κ3) is 2.76. The molecule has 19 heavy (non-hydrogen) atoms. The fraction of sp³-hybridized carbons (Fsp3) is 0.143. The quantitative estimate of drug-likeness (QED) is 0.681. The highest BCUT2D eigenvalue weighted by Gasteiger charge is 2.16. The lowest BCUT2D eigenvalue weighted by atomic mass is 10.1. The molecule has 0 aliphatic rings. The molecule has 0 spiro atoms. The third-order valence-electron chi connectivity index (χ3n) is 2.76. The smallest absolute Gasteiger partial charge is 0.340 e. The summed E-state index contributed by atoms with van der Waals surface area (Å²) in [7, 11) is 1.32. The molecule has 2 aromatic rings. The van der Waals surface area contributed by atoms with Crippen LogP contribution in [0.2, 0.25) is 0 Å². The highest BCUT2D eigenvalue weighted by molar-refractivity contribution is 9.10. The van der Waals surface area contributed by atoms with Crippen molar-refractivity contribution in [3.05, 3.63) is 46.1 Å². The van der Waals surface area contributed by atoms with Crippen molar-refractivity contribution in [1.82, 2.24) is 4.98 Å². The molecule has 0 atom stereocenters. The molecular formula is C14H13BrN2O2. The van der Waals surface area contributed by atoms with E-state index in [4.69, 9.17) is 10.5 Å². The number of rotatable bonds is 2. The second kappa shape index (κ2) is 5.40. The second-order valence-corrected chi connectivity index (χ2v) is 4.92. The van der Waals surface area contributed by atoms with Gasteiger partial charge in [0.2, 0.25) is 0 Å². The van der Waals surface area contributed by atoms with Crippen LogP contribution >= 0.6 is 15.9 Å². The van der Waals surface area contributed by atoms with Crippen molar-refractivity contribution in [3.8, 4) is 11.3 Å². The number of hydrogen-bond donors (Lipinski definition) is 1. The SMILES string of the molecule is COC(=O)c1cc(Br)nc(-c2ccc(C)cc2)c1N. The number of carbonyl (C=O) groups is 1. The Hall–Kier alpha value is -1.88. The van der Waals surface area contributed by atoms with Crippen LogP contribution in [-0.4, -0.2) is 18.1 Å². The molecule has 5 heteroatoms. The van der Waals surface area contributed by atoms with E-state index in [-0.39, 0.29) is 0 Å². The zero-order chi connectivity index (χ0) is 14.0. The molecule has 4 nitrogen and oxygen atoms in total. The van der Waals surface area contributed by atoms with E-state index in [0.29, 0.717) is 21.5 Å². The van der Waals surface area contributed by atoms with Crippen LogP contribution in [0, 0.1) is 6.92 Å². The van der Waals surface area contributed by atoms with Gasteiger partial charge in [-0.05, 0) is 28.9 Å². The van der Waals surface area contributed by atoms with Gasteiger partial charge >= 0.3 is 5.97 Å². The maximum atomic E-state index is 11.7. The highest BCUT2D eigenvalue weighted by Crippen LogP contribution is 2.29. The Morgan fingerprint density at radius 1 is 1.32 bits per heavy atom. The normalized spacial score (nSPS) is 10.3. The van der Waals surface area contributed by atoms with E-state index in [9.17, 15) is 4.79 Å². The molecule has 0 bridgehead atoms. The second-order valence-electron chi connectivity index (χ2n) is 4.11. The van der Waals surface area contributed by atoms with Gasteiger partial charge in [0.05, 0.1) is 24.1 Å². The Kier molecular flexibility index (Phi) is 3.85. The van der Waals surface area contributed by atoms with Crippen LogP contribution in [0.3, 0.4) is 0 Å². The van der Waals surface area contributed by atoms with Crippen LogP contribution in [0.25, 0.3) is 11.3 Å². The fourth-order valence-electron chi connectivity index (χ4n) is 1.73. The summed E-state index contributed by atoms with van der Waals surface area (Å²) in [5, 5.41) is 0. The number of halogens is 1. The van der Waals surface area contributed by atoms with Crippen molar-refractivity contribution in [2.75, 3.05) is 12.8 Å². The first-order chi connectivity index (χ1) is 9.02. The molecule has 0 radical (unpaired) electrons. The number of hydrogen-bond acceptors (Lipinski definition) is 4. The molecule has 0 saturated carbocycles. The molecule has 0 aliphatic heterocycles. The van der Waals surface area contributed by atoms with Crippen molar-refractivity contribution < 1.29 is 9.53 Å². The van der Waals surface area contributed by atoms with E-state index in [0.717, 1.165) is 11.1 Å². The van der Waals surface area contributed by atoms with Gasteiger partial charge in [0.15, 0.2) is 0 Å². The molecule has 1 heterocycles. The standard InChI is InChI=1S/C14H13BrN2O2/c1-8-3-5-9(6-4-8)13-12(16)10(14(18)19-2)7-11(15)17-13/h3-7H,16H2,1-2H3. The minimum atomic E-state index is -0.478. The molecule has 0 unspecified atom stereocenters. The van der Waals surface area contributed by atoms with Crippen molar-refractivity contribution in [2.45, 2.75) is 6.92 Å². The third-order valence-corrected chi connectivity index (χ3v) is 3.16. The number of pyridine rings is 1. The summed E-state index contributed by atoms with van der Waals surface area (Å²) in [5.41, 5.74) is 9.20. The van der Waals surface area contributed by atoms with E-state index in [1.165, 1.54) is 7.11 Å². The lowest BCUT2D eigenvalue weighted by Crippen LogP contribution is -2.08. The molecule has 98 valence electrons. The summed E-state index contributed by atoms with van der Waals surface area (Å²) in [6, 6.07) is 9.33. The molecule has 0 amide bonds. The first kappa shape index (κ1) is 13.5. The predicted octanol–water partition coefficient (Wildman–Crippen LogP) is 3.19. The van der Waals surface area contributed by atoms with Gasteiger partial charge in [-0.3, -0.25) is 0 Å². The summed E-state index contributed by atoms with van der Waals surface area (Å²) in [5.74, 6) is -0.478. The monoisotopic (exact) mass is 320 g/mol. The van der Waals surface area contributed by atoms with E-state index < -0.39 is 5.97 Å². The number of nitrogens with two attached hydrogens (primary N) is 1. The van der Waals surface area contributed by atoms with E-state index >= 15 is 0 Å². The molecule has 0 fully saturated rings. The van der Waals surface area contributed by atoms with Gasteiger partial charge in [-0.15, -0.1) is 0 Å². The molecule has 0 saturated heterocycles. The molecular weight excluding hydrogens is 308 g/mol. The van der Waals surface area contributed by atoms with Crippen LogP contribution in [0.5, 0.6) is 0 Å². The number of carbonyl (C=O) groups excluding carboxylic acids is 1. The molecule has 1 aromatic heterocycles. The average Bonchev–Trinajstić information content (AvgIpc) is 2.41. The van der Waals surface area contributed by atoms with E-state index in [1.54, 1.807) is 6.07 Å². The Bertz CT molecular complexity index is 624. The number of methoxy groups -OCH3 is 1. The predicted molar refractivity (Wildman–Crippen MR) is 77.9 cm³/mol. The summed E-state index contributed by atoms with van der Waals surface area (Å²) in [6.45, 7) is 2.00. The van der Waals surface area contributed by atoms with E-state index in [1.807, 2.05) is 31.2 Å². The summed E-state index contributed by atoms with van der Waals surface area (Å²) in [6.07, 6.45) is 0. The Morgan fingerprint density at radius 3 is 2.53 bits per heavy atom. The van der Waals surface area contributed by atoms with Crippen molar-refractivity contribution in [3.63, 3.8) is 0 Å². The van der Waals surface area contributed by atoms with Gasteiger partial charge in [0, 0.05) is 5.56 Å². The average molecular weight is 321 g/mol. The van der Waals surface area contributed by atoms with Crippen LogP contribution in [0.15, 0.2) is 34.9 Å². The number of anilines is 1. The van der Waals surface area contributed by atoms with E-state index in [2.05, 4.69) is 20.9 Å². The van der Waals surface area contributed by atoms with Gasteiger partial charge in [-0.1, -0.05) is 29.8 Å². The van der Waals surface area contributed by atoms with Gasteiger partial charge in [-0.25, -0.2) is 9.78 Å². The maximum Gasteiger partial charge on any atom is 0.340 e. The number of aromatic nitrogens is 1. The van der Waals surface area contributed by atoms with Gasteiger partial charge in [0.25, 0.3) is 0 Å². The lowest BCUT2D eigenvalue weighted by molar-refractivity contribution is 0.0602. The van der Waals surface area contributed by atoms with Crippen molar-refractivity contribution in [2.24, 2.45) is 0 Å². The Labute approximate surface area is 119 Å². The summed E-state index contributed by atoms with van der Waals surface area (Å²) in [4.78, 5) is 16.0. The maximum absolute atomic E-state index is 11.7. The number of esters is 1. The van der Waals surface area contributed by atoms with Crippen molar-refractivity contribution >= 4 is 27.6 Å². The van der Waals surface area contributed by atoms with Crippen LogP contribution in [0.1, 0.15) is 15.9 Å². The zero-order valence-corrected chi connectivity index (χ0v) is 12.2. The van der Waals surface area contributed by atoms with Gasteiger partial charge < -0.3 is 10.5 Å². The number of nitrogen functional groups attached to an aromatic ring is 1.